The van der Waals surface area contributed by atoms with E-state index in [4.69, 9.17) is 5.73 Å². The normalized spacial score (nSPS) is 25.8. The molecule has 2 unspecified atom stereocenters. The van der Waals surface area contributed by atoms with Gasteiger partial charge in [0.25, 0.3) is 0 Å². The van der Waals surface area contributed by atoms with Gasteiger partial charge in [-0.2, -0.15) is 0 Å². The van der Waals surface area contributed by atoms with Crippen LogP contribution in [-0.2, 0) is 0 Å². The van der Waals surface area contributed by atoms with Crippen LogP contribution >= 0.6 is 0 Å². The second kappa shape index (κ2) is 3.76. The predicted octanol–water partition coefficient (Wildman–Crippen LogP) is 2.41. The van der Waals surface area contributed by atoms with Gasteiger partial charge in [-0.15, -0.1) is 0 Å². The van der Waals surface area contributed by atoms with Gasteiger partial charge < -0.3 is 5.73 Å². The van der Waals surface area contributed by atoms with E-state index in [0.29, 0.717) is 17.5 Å². The molecule has 82 valence electrons. The molecule has 1 aromatic rings. The Balaban J connectivity index is 2.29. The third-order valence-corrected chi connectivity index (χ3v) is 3.12. The molecule has 4 heteroatoms. The van der Waals surface area contributed by atoms with Crippen LogP contribution in [0.1, 0.15) is 43.6 Å². The number of nitrogen functional groups attached to an aromatic ring is 1. The average molecular weight is 209 g/mol. The van der Waals surface area contributed by atoms with Crippen molar-refractivity contribution in [2.24, 2.45) is 5.92 Å². The third kappa shape index (κ3) is 1.94. The van der Waals surface area contributed by atoms with Crippen LogP contribution in [0.25, 0.3) is 0 Å². The number of nitrogens with zero attached hydrogens (tertiary/aromatic N) is 2. The molecular formula is C11H16FN3. The lowest BCUT2D eigenvalue weighted by Gasteiger charge is -2.10. The van der Waals surface area contributed by atoms with Gasteiger partial charge in [-0.1, -0.05) is 6.92 Å². The zero-order valence-electron chi connectivity index (χ0n) is 9.13. The molecule has 2 atom stereocenters. The first-order valence-corrected chi connectivity index (χ1v) is 5.37. The van der Waals surface area contributed by atoms with Gasteiger partial charge in [0.2, 0.25) is 0 Å². The summed E-state index contributed by atoms with van der Waals surface area (Å²) in [6.45, 7) is 3.86. The summed E-state index contributed by atoms with van der Waals surface area (Å²) in [6.07, 6.45) is 3.38. The van der Waals surface area contributed by atoms with Crippen LogP contribution in [0, 0.1) is 18.7 Å². The standard InChI is InChI=1S/C11H16FN3/c1-6-3-4-8(5-6)11-14-7(2)9(12)10(13)15-11/h6,8H,3-5H2,1-2H3,(H2,13,14,15). The smallest absolute Gasteiger partial charge is 0.186 e. The summed E-state index contributed by atoms with van der Waals surface area (Å²) in [5.41, 5.74) is 5.86. The Kier molecular flexibility index (Phi) is 2.59. The minimum Gasteiger partial charge on any atom is -0.381 e. The molecule has 1 saturated carbocycles. The highest BCUT2D eigenvalue weighted by molar-refractivity contribution is 5.32. The molecule has 1 fully saturated rings. The lowest BCUT2D eigenvalue weighted by atomic mass is 10.1. The maximum Gasteiger partial charge on any atom is 0.186 e. The lowest BCUT2D eigenvalue weighted by molar-refractivity contribution is 0.569. The van der Waals surface area contributed by atoms with Gasteiger partial charge in [0, 0.05) is 5.92 Å². The first-order chi connectivity index (χ1) is 7.08. The van der Waals surface area contributed by atoms with E-state index in [2.05, 4.69) is 16.9 Å². The molecule has 1 aliphatic carbocycles. The molecule has 3 nitrogen and oxygen atoms in total. The summed E-state index contributed by atoms with van der Waals surface area (Å²) in [5, 5.41) is 0. The van der Waals surface area contributed by atoms with Crippen molar-refractivity contribution in [1.82, 2.24) is 9.97 Å². The number of aryl methyl sites for hydroxylation is 1. The van der Waals surface area contributed by atoms with E-state index in [1.807, 2.05) is 0 Å². The largest absolute Gasteiger partial charge is 0.381 e. The van der Waals surface area contributed by atoms with Crippen molar-refractivity contribution in [3.05, 3.63) is 17.3 Å². The van der Waals surface area contributed by atoms with E-state index in [-0.39, 0.29) is 5.82 Å². The molecule has 0 bridgehead atoms. The fourth-order valence-electron chi connectivity index (χ4n) is 2.23. The number of aromatic nitrogens is 2. The van der Waals surface area contributed by atoms with E-state index in [0.717, 1.165) is 18.7 Å². The second-order valence-electron chi connectivity index (χ2n) is 4.48. The van der Waals surface area contributed by atoms with E-state index in [9.17, 15) is 4.39 Å². The number of anilines is 1. The molecule has 1 aliphatic rings. The van der Waals surface area contributed by atoms with E-state index in [1.165, 1.54) is 6.42 Å². The first-order valence-electron chi connectivity index (χ1n) is 5.37. The van der Waals surface area contributed by atoms with Gasteiger partial charge in [-0.25, -0.2) is 14.4 Å². The summed E-state index contributed by atoms with van der Waals surface area (Å²) in [5.74, 6) is 1.30. The van der Waals surface area contributed by atoms with Crippen molar-refractivity contribution in [2.45, 2.75) is 39.0 Å². The Hall–Kier alpha value is -1.19. The Morgan fingerprint density at radius 3 is 2.60 bits per heavy atom. The molecular weight excluding hydrogens is 193 g/mol. The number of hydrogen-bond acceptors (Lipinski definition) is 3. The molecule has 0 radical (unpaired) electrons. The monoisotopic (exact) mass is 209 g/mol. The van der Waals surface area contributed by atoms with Crippen LogP contribution in [-0.4, -0.2) is 9.97 Å². The quantitative estimate of drug-likeness (QED) is 0.772. The van der Waals surface area contributed by atoms with Gasteiger partial charge in [-0.05, 0) is 32.1 Å². The molecule has 0 spiro atoms. The number of halogens is 1. The molecule has 0 saturated heterocycles. The Labute approximate surface area is 88.9 Å². The summed E-state index contributed by atoms with van der Waals surface area (Å²) >= 11 is 0. The molecule has 1 aromatic heterocycles. The van der Waals surface area contributed by atoms with Crippen LogP contribution in [0.15, 0.2) is 0 Å². The lowest BCUT2D eigenvalue weighted by Crippen LogP contribution is -2.08. The van der Waals surface area contributed by atoms with Crippen LogP contribution < -0.4 is 5.73 Å². The van der Waals surface area contributed by atoms with Gasteiger partial charge in [0.15, 0.2) is 11.6 Å². The third-order valence-electron chi connectivity index (χ3n) is 3.12. The Morgan fingerprint density at radius 1 is 1.33 bits per heavy atom. The zero-order chi connectivity index (χ0) is 11.0. The van der Waals surface area contributed by atoms with Crippen molar-refractivity contribution in [3.63, 3.8) is 0 Å². The van der Waals surface area contributed by atoms with Crippen LogP contribution in [0.2, 0.25) is 0 Å². The average Bonchev–Trinajstić information content (AvgIpc) is 2.60. The fourth-order valence-corrected chi connectivity index (χ4v) is 2.23. The van der Waals surface area contributed by atoms with Crippen LogP contribution in [0.4, 0.5) is 10.2 Å². The molecule has 0 aliphatic heterocycles. The van der Waals surface area contributed by atoms with Crippen LogP contribution in [0.3, 0.4) is 0 Å². The van der Waals surface area contributed by atoms with Crippen molar-refractivity contribution in [3.8, 4) is 0 Å². The van der Waals surface area contributed by atoms with Gasteiger partial charge >= 0.3 is 0 Å². The maximum atomic E-state index is 13.2. The summed E-state index contributed by atoms with van der Waals surface area (Å²) in [4.78, 5) is 8.23. The first kappa shape index (κ1) is 10.3. The zero-order valence-corrected chi connectivity index (χ0v) is 9.13. The van der Waals surface area contributed by atoms with Gasteiger partial charge in [-0.3, -0.25) is 0 Å². The molecule has 1 heterocycles. The van der Waals surface area contributed by atoms with E-state index in [1.54, 1.807) is 6.92 Å². The summed E-state index contributed by atoms with van der Waals surface area (Å²) < 4.78 is 13.2. The molecule has 2 N–H and O–H groups in total. The van der Waals surface area contributed by atoms with Gasteiger partial charge in [0.05, 0.1) is 5.69 Å². The van der Waals surface area contributed by atoms with Crippen LogP contribution in [0.5, 0.6) is 0 Å². The number of rotatable bonds is 1. The molecule has 15 heavy (non-hydrogen) atoms. The highest BCUT2D eigenvalue weighted by Crippen LogP contribution is 2.36. The van der Waals surface area contributed by atoms with Gasteiger partial charge in [0.1, 0.15) is 5.82 Å². The maximum absolute atomic E-state index is 13.2. The topological polar surface area (TPSA) is 51.8 Å². The molecule has 2 rings (SSSR count). The predicted molar refractivity (Wildman–Crippen MR) is 56.9 cm³/mol. The number of hydrogen-bond donors (Lipinski definition) is 1. The van der Waals surface area contributed by atoms with Crippen molar-refractivity contribution < 1.29 is 4.39 Å². The minimum absolute atomic E-state index is 0.0166. The van der Waals surface area contributed by atoms with Crippen molar-refractivity contribution >= 4 is 5.82 Å². The summed E-state index contributed by atoms with van der Waals surface area (Å²) in [7, 11) is 0. The molecule has 0 aromatic carbocycles. The summed E-state index contributed by atoms with van der Waals surface area (Å²) in [6, 6.07) is 0. The minimum atomic E-state index is -0.482. The van der Waals surface area contributed by atoms with E-state index >= 15 is 0 Å². The van der Waals surface area contributed by atoms with E-state index < -0.39 is 5.82 Å². The van der Waals surface area contributed by atoms with Crippen molar-refractivity contribution in [2.75, 3.05) is 5.73 Å². The second-order valence-corrected chi connectivity index (χ2v) is 4.48. The molecule has 0 amide bonds. The highest BCUT2D eigenvalue weighted by atomic mass is 19.1. The Morgan fingerprint density at radius 2 is 2.07 bits per heavy atom. The fraction of sp³-hybridized carbons (Fsp3) is 0.636. The number of nitrogens with two attached hydrogens (primary N) is 1. The SMILES string of the molecule is Cc1nc(C2CCC(C)C2)nc(N)c1F. The highest BCUT2D eigenvalue weighted by Gasteiger charge is 2.26. The van der Waals surface area contributed by atoms with Crippen molar-refractivity contribution in [1.29, 1.82) is 0 Å². The Bertz CT molecular complexity index is 355.